The van der Waals surface area contributed by atoms with E-state index in [1.165, 1.54) is 30.0 Å². The molecule has 0 heterocycles. The molecule has 0 unspecified atom stereocenters. The van der Waals surface area contributed by atoms with E-state index in [1.807, 2.05) is 0 Å². The standard InChI is InChI=1S/C7H7FO2S2/c1-11-6-3-2-4-7(5-6)12(8,9)10/h2-5H,1H3. The SMILES string of the molecule is CSc1cccc(S(=O)(=O)F)c1. The maximum absolute atomic E-state index is 12.4. The number of rotatable bonds is 2. The largest absolute Gasteiger partial charge is 0.332 e. The number of thioether (sulfide) groups is 1. The van der Waals surface area contributed by atoms with Gasteiger partial charge in [-0.3, -0.25) is 0 Å². The molecule has 0 fully saturated rings. The minimum absolute atomic E-state index is 0.283. The highest BCUT2D eigenvalue weighted by Crippen LogP contribution is 2.19. The van der Waals surface area contributed by atoms with Crippen LogP contribution in [0.15, 0.2) is 34.1 Å². The van der Waals surface area contributed by atoms with Gasteiger partial charge in [-0.1, -0.05) is 6.07 Å². The Hall–Kier alpha value is -0.550. The summed E-state index contributed by atoms with van der Waals surface area (Å²) in [7, 11) is -4.55. The van der Waals surface area contributed by atoms with E-state index in [2.05, 4.69) is 0 Å². The summed E-state index contributed by atoms with van der Waals surface area (Å²) in [6.45, 7) is 0. The molecule has 0 aliphatic carbocycles. The Morgan fingerprint density at radius 1 is 1.42 bits per heavy atom. The number of halogens is 1. The van der Waals surface area contributed by atoms with Crippen molar-refractivity contribution >= 4 is 22.0 Å². The average molecular weight is 206 g/mol. The molecule has 1 rings (SSSR count). The highest BCUT2D eigenvalue weighted by atomic mass is 32.3. The molecule has 0 aliphatic heterocycles. The molecule has 0 spiro atoms. The molecule has 0 atom stereocenters. The van der Waals surface area contributed by atoms with Crippen LogP contribution in [0, 0.1) is 0 Å². The first kappa shape index (κ1) is 9.54. The Balaban J connectivity index is 3.20. The van der Waals surface area contributed by atoms with Gasteiger partial charge in [0.05, 0.1) is 4.90 Å². The van der Waals surface area contributed by atoms with Crippen molar-refractivity contribution in [2.24, 2.45) is 0 Å². The van der Waals surface area contributed by atoms with E-state index in [1.54, 1.807) is 12.3 Å². The summed E-state index contributed by atoms with van der Waals surface area (Å²) in [5.74, 6) is 0. The van der Waals surface area contributed by atoms with E-state index in [0.29, 0.717) is 0 Å². The van der Waals surface area contributed by atoms with Crippen LogP contribution in [0.25, 0.3) is 0 Å². The van der Waals surface area contributed by atoms with E-state index >= 15 is 0 Å². The summed E-state index contributed by atoms with van der Waals surface area (Å²) in [5.41, 5.74) is 0. The molecule has 0 saturated heterocycles. The van der Waals surface area contributed by atoms with E-state index in [-0.39, 0.29) is 4.90 Å². The Labute approximate surface area is 75.0 Å². The summed E-state index contributed by atoms with van der Waals surface area (Å²) in [5, 5.41) is 0. The van der Waals surface area contributed by atoms with Gasteiger partial charge >= 0.3 is 10.2 Å². The molecule has 0 amide bonds. The fourth-order valence-electron chi connectivity index (χ4n) is 0.753. The Morgan fingerprint density at radius 2 is 2.08 bits per heavy atom. The van der Waals surface area contributed by atoms with Crippen molar-refractivity contribution in [1.29, 1.82) is 0 Å². The van der Waals surface area contributed by atoms with Gasteiger partial charge in [0.15, 0.2) is 0 Å². The van der Waals surface area contributed by atoms with Crippen LogP contribution in [0.2, 0.25) is 0 Å². The molecule has 12 heavy (non-hydrogen) atoms. The maximum Gasteiger partial charge on any atom is 0.332 e. The first-order chi connectivity index (χ1) is 5.54. The number of hydrogen-bond acceptors (Lipinski definition) is 3. The zero-order chi connectivity index (χ0) is 9.19. The van der Waals surface area contributed by atoms with Crippen molar-refractivity contribution in [3.05, 3.63) is 24.3 Å². The fraction of sp³-hybridized carbons (Fsp3) is 0.143. The molecule has 1 aromatic carbocycles. The Bertz CT molecular complexity index is 373. The second-order valence-electron chi connectivity index (χ2n) is 2.12. The lowest BCUT2D eigenvalue weighted by atomic mass is 10.4. The summed E-state index contributed by atoms with van der Waals surface area (Å²) in [6, 6.07) is 5.77. The van der Waals surface area contributed by atoms with Crippen molar-refractivity contribution in [3.63, 3.8) is 0 Å². The highest BCUT2D eigenvalue weighted by molar-refractivity contribution is 7.98. The van der Waals surface area contributed by atoms with Crippen molar-refractivity contribution in [3.8, 4) is 0 Å². The minimum Gasteiger partial charge on any atom is -0.189 e. The topological polar surface area (TPSA) is 34.1 Å². The van der Waals surface area contributed by atoms with E-state index in [0.717, 1.165) is 4.90 Å². The van der Waals surface area contributed by atoms with E-state index < -0.39 is 10.2 Å². The third-order valence-corrected chi connectivity index (χ3v) is 2.87. The molecular formula is C7H7FO2S2. The molecule has 66 valence electrons. The van der Waals surface area contributed by atoms with Crippen molar-refractivity contribution in [2.75, 3.05) is 6.26 Å². The van der Waals surface area contributed by atoms with Crippen LogP contribution in [0.5, 0.6) is 0 Å². The minimum atomic E-state index is -4.55. The first-order valence-electron chi connectivity index (χ1n) is 3.13. The van der Waals surface area contributed by atoms with Crippen LogP contribution in [0.3, 0.4) is 0 Å². The summed E-state index contributed by atoms with van der Waals surface area (Å²) < 4.78 is 33.3. The lowest BCUT2D eigenvalue weighted by Crippen LogP contribution is -1.90. The zero-order valence-corrected chi connectivity index (χ0v) is 7.95. The molecule has 0 aromatic heterocycles. The summed E-state index contributed by atoms with van der Waals surface area (Å²) in [4.78, 5) is 0.447. The highest BCUT2D eigenvalue weighted by Gasteiger charge is 2.10. The van der Waals surface area contributed by atoms with Gasteiger partial charge in [-0.25, -0.2) is 0 Å². The van der Waals surface area contributed by atoms with Crippen LogP contribution in [0.4, 0.5) is 3.89 Å². The normalized spacial score (nSPS) is 11.5. The smallest absolute Gasteiger partial charge is 0.189 e. The van der Waals surface area contributed by atoms with Crippen molar-refractivity contribution in [2.45, 2.75) is 9.79 Å². The summed E-state index contributed by atoms with van der Waals surface area (Å²) >= 11 is 1.37. The number of hydrogen-bond donors (Lipinski definition) is 0. The van der Waals surface area contributed by atoms with Gasteiger partial charge in [0.25, 0.3) is 0 Å². The lowest BCUT2D eigenvalue weighted by molar-refractivity contribution is 0.552. The molecule has 1 aromatic rings. The third-order valence-electron chi connectivity index (χ3n) is 1.32. The van der Waals surface area contributed by atoms with Gasteiger partial charge in [-0.2, -0.15) is 8.42 Å². The average Bonchev–Trinajstić information content (AvgIpc) is 2.03. The molecule has 0 bridgehead atoms. The van der Waals surface area contributed by atoms with Gasteiger partial charge < -0.3 is 0 Å². The van der Waals surface area contributed by atoms with Gasteiger partial charge in [-0.15, -0.1) is 15.6 Å². The second kappa shape index (κ2) is 3.45. The van der Waals surface area contributed by atoms with E-state index in [4.69, 9.17) is 0 Å². The Kier molecular flexibility index (Phi) is 2.74. The van der Waals surface area contributed by atoms with Crippen LogP contribution in [-0.2, 0) is 10.2 Å². The monoisotopic (exact) mass is 206 g/mol. The Morgan fingerprint density at radius 3 is 2.58 bits per heavy atom. The molecule has 0 aliphatic rings. The summed E-state index contributed by atoms with van der Waals surface area (Å²) in [6.07, 6.45) is 1.80. The molecular weight excluding hydrogens is 199 g/mol. The quantitative estimate of drug-likeness (QED) is 0.548. The van der Waals surface area contributed by atoms with Crippen LogP contribution in [0.1, 0.15) is 0 Å². The van der Waals surface area contributed by atoms with Crippen LogP contribution in [-0.4, -0.2) is 14.7 Å². The predicted molar refractivity (Wildman–Crippen MR) is 46.5 cm³/mol. The fourth-order valence-corrected chi connectivity index (χ4v) is 1.80. The van der Waals surface area contributed by atoms with Gasteiger partial charge in [0, 0.05) is 4.90 Å². The lowest BCUT2D eigenvalue weighted by Gasteiger charge is -1.97. The second-order valence-corrected chi connectivity index (χ2v) is 4.34. The van der Waals surface area contributed by atoms with Gasteiger partial charge in [-0.05, 0) is 24.5 Å². The van der Waals surface area contributed by atoms with E-state index in [9.17, 15) is 12.3 Å². The molecule has 5 heteroatoms. The third kappa shape index (κ3) is 2.22. The van der Waals surface area contributed by atoms with Gasteiger partial charge in [0.1, 0.15) is 0 Å². The first-order valence-corrected chi connectivity index (χ1v) is 5.73. The molecule has 0 radical (unpaired) electrons. The molecule has 2 nitrogen and oxygen atoms in total. The van der Waals surface area contributed by atoms with Crippen molar-refractivity contribution < 1.29 is 12.3 Å². The number of benzene rings is 1. The van der Waals surface area contributed by atoms with Crippen LogP contribution >= 0.6 is 11.8 Å². The molecule has 0 saturated carbocycles. The zero-order valence-electron chi connectivity index (χ0n) is 6.32. The predicted octanol–water partition coefficient (Wildman–Crippen LogP) is 2.07. The van der Waals surface area contributed by atoms with Crippen LogP contribution < -0.4 is 0 Å². The van der Waals surface area contributed by atoms with Gasteiger partial charge in [0.2, 0.25) is 0 Å². The maximum atomic E-state index is 12.4. The molecule has 0 N–H and O–H groups in total. The van der Waals surface area contributed by atoms with Crippen molar-refractivity contribution in [1.82, 2.24) is 0 Å².